The van der Waals surface area contributed by atoms with Crippen molar-refractivity contribution in [2.75, 3.05) is 32.8 Å². The van der Waals surface area contributed by atoms with Gasteiger partial charge in [0.15, 0.2) is 5.75 Å². The van der Waals surface area contributed by atoms with Gasteiger partial charge in [-0.1, -0.05) is 53.5 Å². The summed E-state index contributed by atoms with van der Waals surface area (Å²) < 4.78 is 11.0. The first-order valence-corrected chi connectivity index (χ1v) is 9.65. The Bertz CT molecular complexity index is 802. The van der Waals surface area contributed by atoms with E-state index in [0.29, 0.717) is 41.2 Å². The molecule has 0 aliphatic carbocycles. The maximum Gasteiger partial charge on any atom is 0.254 e. The molecule has 28 heavy (non-hydrogen) atoms. The van der Waals surface area contributed by atoms with E-state index in [9.17, 15) is 4.79 Å². The van der Waals surface area contributed by atoms with Crippen LogP contribution in [0.1, 0.15) is 11.1 Å². The highest BCUT2D eigenvalue weighted by atomic mass is 35.5. The van der Waals surface area contributed by atoms with Gasteiger partial charge in [-0.15, -0.1) is 0 Å². The molecule has 1 fully saturated rings. The van der Waals surface area contributed by atoms with Crippen molar-refractivity contribution in [3.63, 3.8) is 0 Å². The van der Waals surface area contributed by atoms with Crippen LogP contribution in [-0.4, -0.2) is 49.9 Å². The lowest BCUT2D eigenvalue weighted by Crippen LogP contribution is -2.42. The number of halogens is 2. The fourth-order valence-corrected chi connectivity index (χ4v) is 3.31. The molecule has 0 aromatic heterocycles. The van der Waals surface area contributed by atoms with Crippen molar-refractivity contribution in [3.05, 3.63) is 63.6 Å². The summed E-state index contributed by atoms with van der Waals surface area (Å²) in [5.74, 6) is 0.235. The first kappa shape index (κ1) is 20.6. The Labute approximate surface area is 174 Å². The molecule has 8 heteroatoms. The molecule has 1 amide bonds. The number of ether oxygens (including phenoxy) is 2. The minimum atomic E-state index is -0.182. The Balaban J connectivity index is 1.54. The second kappa shape index (κ2) is 10.4. The molecule has 1 heterocycles. The highest BCUT2D eigenvalue weighted by Gasteiger charge is 2.13. The van der Waals surface area contributed by atoms with Crippen LogP contribution in [0.4, 0.5) is 0 Å². The quantitative estimate of drug-likeness (QED) is 0.549. The highest BCUT2D eigenvalue weighted by Crippen LogP contribution is 2.34. The summed E-state index contributed by atoms with van der Waals surface area (Å²) in [5, 5.41) is 4.73. The van der Waals surface area contributed by atoms with Crippen molar-refractivity contribution >= 4 is 35.3 Å². The molecule has 3 rings (SSSR count). The molecule has 2 aromatic carbocycles. The third-order valence-corrected chi connectivity index (χ3v) is 4.68. The van der Waals surface area contributed by atoms with E-state index in [2.05, 4.69) is 10.5 Å². The zero-order chi connectivity index (χ0) is 19.8. The van der Waals surface area contributed by atoms with Gasteiger partial charge in [0.1, 0.15) is 6.61 Å². The van der Waals surface area contributed by atoms with Gasteiger partial charge < -0.3 is 9.47 Å². The number of benzene rings is 2. The third kappa shape index (κ3) is 6.21. The number of carbonyl (C=O) groups is 1. The molecular formula is C20H21Cl2N3O3. The summed E-state index contributed by atoms with van der Waals surface area (Å²) in [4.78, 5) is 13.9. The van der Waals surface area contributed by atoms with E-state index < -0.39 is 0 Å². The average molecular weight is 422 g/mol. The molecule has 1 aliphatic heterocycles. The Morgan fingerprint density at radius 3 is 2.54 bits per heavy atom. The number of carbonyl (C=O) groups excluding carboxylic acids is 1. The van der Waals surface area contributed by atoms with Crippen LogP contribution in [0.25, 0.3) is 0 Å². The topological polar surface area (TPSA) is 63.2 Å². The first-order chi connectivity index (χ1) is 13.6. The van der Waals surface area contributed by atoms with Crippen molar-refractivity contribution in [2.24, 2.45) is 5.10 Å². The Kier molecular flexibility index (Phi) is 7.68. The maximum atomic E-state index is 11.9. The van der Waals surface area contributed by atoms with Crippen LogP contribution < -0.4 is 10.2 Å². The molecule has 1 saturated heterocycles. The van der Waals surface area contributed by atoms with E-state index in [1.165, 1.54) is 6.21 Å². The normalized spacial score (nSPS) is 14.9. The predicted molar refractivity (Wildman–Crippen MR) is 110 cm³/mol. The molecule has 6 nitrogen and oxygen atoms in total. The van der Waals surface area contributed by atoms with Crippen molar-refractivity contribution in [1.29, 1.82) is 0 Å². The van der Waals surface area contributed by atoms with E-state index in [1.807, 2.05) is 35.2 Å². The van der Waals surface area contributed by atoms with Gasteiger partial charge in [0.05, 0.1) is 36.0 Å². The maximum absolute atomic E-state index is 11.9. The van der Waals surface area contributed by atoms with E-state index in [1.54, 1.807) is 12.1 Å². The minimum absolute atomic E-state index is 0.182. The zero-order valence-electron chi connectivity index (χ0n) is 15.2. The van der Waals surface area contributed by atoms with Crippen LogP contribution in [0.2, 0.25) is 10.0 Å². The number of amides is 1. The minimum Gasteiger partial charge on any atom is -0.486 e. The molecule has 1 N–H and O–H groups in total. The summed E-state index contributed by atoms with van der Waals surface area (Å²) in [5.41, 5.74) is 4.19. The number of nitrogens with one attached hydrogen (secondary N) is 1. The Hall–Kier alpha value is -2.12. The van der Waals surface area contributed by atoms with Crippen LogP contribution >= 0.6 is 23.2 Å². The average Bonchev–Trinajstić information content (AvgIpc) is 2.69. The highest BCUT2D eigenvalue weighted by molar-refractivity contribution is 6.37. The van der Waals surface area contributed by atoms with Crippen LogP contribution in [0.15, 0.2) is 47.6 Å². The molecule has 1 aliphatic rings. The molecule has 2 aromatic rings. The zero-order valence-corrected chi connectivity index (χ0v) is 16.7. The van der Waals surface area contributed by atoms with Gasteiger partial charge in [0, 0.05) is 13.1 Å². The van der Waals surface area contributed by atoms with Gasteiger partial charge in [-0.2, -0.15) is 5.10 Å². The Morgan fingerprint density at radius 1 is 1.18 bits per heavy atom. The number of hydrazone groups is 1. The number of hydrogen-bond acceptors (Lipinski definition) is 5. The molecule has 0 saturated carbocycles. The van der Waals surface area contributed by atoms with Crippen molar-refractivity contribution in [3.8, 4) is 5.75 Å². The van der Waals surface area contributed by atoms with E-state index in [-0.39, 0.29) is 12.5 Å². The summed E-state index contributed by atoms with van der Waals surface area (Å²) in [6.45, 7) is 3.43. The van der Waals surface area contributed by atoms with Crippen LogP contribution in [-0.2, 0) is 16.1 Å². The number of nitrogens with zero attached hydrogens (tertiary/aromatic N) is 2. The Morgan fingerprint density at radius 2 is 1.86 bits per heavy atom. The van der Waals surface area contributed by atoms with Gasteiger partial charge in [0.2, 0.25) is 0 Å². The molecular weight excluding hydrogens is 401 g/mol. The summed E-state index contributed by atoms with van der Waals surface area (Å²) in [6.07, 6.45) is 1.50. The van der Waals surface area contributed by atoms with E-state index >= 15 is 0 Å². The van der Waals surface area contributed by atoms with Crippen LogP contribution in [0.5, 0.6) is 5.75 Å². The van der Waals surface area contributed by atoms with Crippen molar-refractivity contribution in [1.82, 2.24) is 10.3 Å². The van der Waals surface area contributed by atoms with Crippen LogP contribution in [0, 0.1) is 0 Å². The lowest BCUT2D eigenvalue weighted by atomic mass is 10.2. The van der Waals surface area contributed by atoms with Crippen LogP contribution in [0.3, 0.4) is 0 Å². The lowest BCUT2D eigenvalue weighted by Gasteiger charge is -2.25. The fourth-order valence-electron chi connectivity index (χ4n) is 2.70. The lowest BCUT2D eigenvalue weighted by molar-refractivity contribution is -0.123. The van der Waals surface area contributed by atoms with E-state index in [4.69, 9.17) is 32.7 Å². The number of rotatable bonds is 7. The third-order valence-electron chi connectivity index (χ3n) is 4.12. The summed E-state index contributed by atoms with van der Waals surface area (Å²) >= 11 is 12.6. The predicted octanol–water partition coefficient (Wildman–Crippen LogP) is 3.35. The van der Waals surface area contributed by atoms with Crippen molar-refractivity contribution in [2.45, 2.75) is 6.61 Å². The number of morpholine rings is 1. The standard InChI is InChI=1S/C20H21Cl2N3O3/c21-17-10-16(12-23-24-19(26)13-25-6-8-27-9-7-25)11-18(22)20(17)28-14-15-4-2-1-3-5-15/h1-5,10-12H,6-9,13-14H2,(H,24,26). The molecule has 0 spiro atoms. The van der Waals surface area contributed by atoms with Gasteiger partial charge in [-0.05, 0) is 23.3 Å². The molecule has 0 unspecified atom stereocenters. The fraction of sp³-hybridized carbons (Fsp3) is 0.300. The summed E-state index contributed by atoms with van der Waals surface area (Å²) in [6, 6.07) is 13.1. The summed E-state index contributed by atoms with van der Waals surface area (Å²) in [7, 11) is 0. The second-order valence-corrected chi connectivity index (χ2v) is 7.08. The number of hydrogen-bond donors (Lipinski definition) is 1. The SMILES string of the molecule is O=C(CN1CCOCC1)NN=Cc1cc(Cl)c(OCc2ccccc2)c(Cl)c1. The molecule has 0 atom stereocenters. The van der Waals surface area contributed by atoms with Crippen molar-refractivity contribution < 1.29 is 14.3 Å². The smallest absolute Gasteiger partial charge is 0.254 e. The largest absolute Gasteiger partial charge is 0.486 e. The van der Waals surface area contributed by atoms with Gasteiger partial charge >= 0.3 is 0 Å². The second-order valence-electron chi connectivity index (χ2n) is 6.27. The molecule has 148 valence electrons. The van der Waals surface area contributed by atoms with Gasteiger partial charge in [-0.3, -0.25) is 9.69 Å². The first-order valence-electron chi connectivity index (χ1n) is 8.89. The molecule has 0 radical (unpaired) electrons. The monoisotopic (exact) mass is 421 g/mol. The molecule has 0 bridgehead atoms. The van der Waals surface area contributed by atoms with E-state index in [0.717, 1.165) is 18.7 Å². The van der Waals surface area contributed by atoms with Gasteiger partial charge in [-0.25, -0.2) is 5.43 Å². The van der Waals surface area contributed by atoms with Gasteiger partial charge in [0.25, 0.3) is 5.91 Å².